The highest BCUT2D eigenvalue weighted by Gasteiger charge is 2.06. The quantitative estimate of drug-likeness (QED) is 0.526. The van der Waals surface area contributed by atoms with Gasteiger partial charge >= 0.3 is 0 Å². The lowest BCUT2D eigenvalue weighted by molar-refractivity contribution is 1.08. The molecule has 1 nitrogen and oxygen atoms in total. The Morgan fingerprint density at radius 2 is 1.73 bits per heavy atom. The molecule has 1 aromatic heterocycles. The summed E-state index contributed by atoms with van der Waals surface area (Å²) in [6, 6.07) is 0. The third-order valence-corrected chi connectivity index (χ3v) is 4.52. The van der Waals surface area contributed by atoms with Crippen LogP contribution in [0.3, 0.4) is 0 Å². The van der Waals surface area contributed by atoms with Crippen molar-refractivity contribution in [3.05, 3.63) is 25.0 Å². The van der Waals surface area contributed by atoms with Crippen molar-refractivity contribution in [1.29, 1.82) is 0 Å². The van der Waals surface area contributed by atoms with Gasteiger partial charge in [0.05, 0.1) is 0 Å². The molecule has 0 spiro atoms. The zero-order valence-electron chi connectivity index (χ0n) is 6.70. The summed E-state index contributed by atoms with van der Waals surface area (Å²) in [5.74, 6) is 0. The molecule has 1 heterocycles. The zero-order valence-corrected chi connectivity index (χ0v) is 10.4. The summed E-state index contributed by atoms with van der Waals surface area (Å²) < 4.78 is 2.17. The number of nitrogens with zero attached hydrogens (tertiary/aromatic N) is 1. The van der Waals surface area contributed by atoms with Crippen molar-refractivity contribution < 1.29 is 0 Å². The Morgan fingerprint density at radius 3 is 2.27 bits per heavy atom. The first-order valence-corrected chi connectivity index (χ1v) is 5.20. The van der Waals surface area contributed by atoms with Crippen molar-refractivity contribution in [2.75, 3.05) is 0 Å². The first-order chi connectivity index (χ1) is 5.04. The lowest BCUT2D eigenvalue weighted by Crippen LogP contribution is -1.95. The summed E-state index contributed by atoms with van der Waals surface area (Å²) in [5.41, 5.74) is 3.72. The predicted octanol–water partition coefficient (Wildman–Crippen LogP) is 3.37. The van der Waals surface area contributed by atoms with E-state index >= 15 is 0 Å². The number of pyridine rings is 1. The molecule has 0 unspecified atom stereocenters. The van der Waals surface area contributed by atoms with Gasteiger partial charge in [-0.2, -0.15) is 0 Å². The topological polar surface area (TPSA) is 12.9 Å². The monoisotopic (exact) mass is 325 g/mol. The Labute approximate surface area is 88.9 Å². The molecule has 0 radical (unpaired) electrons. The number of hydrogen-bond donors (Lipinski definition) is 0. The van der Waals surface area contributed by atoms with E-state index in [1.54, 1.807) is 0 Å². The van der Waals surface area contributed by atoms with Crippen LogP contribution in [0, 0.1) is 24.3 Å². The molecule has 0 amide bonds. The number of halogens is 2. The molecular formula is C8H9BrIN. The Hall–Kier alpha value is 0.360. The Kier molecular flexibility index (Phi) is 2.91. The van der Waals surface area contributed by atoms with Gasteiger partial charge in [0, 0.05) is 9.26 Å². The summed E-state index contributed by atoms with van der Waals surface area (Å²) >= 11 is 5.71. The van der Waals surface area contributed by atoms with Crippen LogP contribution in [0.15, 0.2) is 4.60 Å². The van der Waals surface area contributed by atoms with Gasteiger partial charge in [-0.15, -0.1) is 0 Å². The van der Waals surface area contributed by atoms with Gasteiger partial charge in [-0.3, -0.25) is 0 Å². The van der Waals surface area contributed by atoms with Crippen molar-refractivity contribution in [2.45, 2.75) is 20.8 Å². The average molecular weight is 326 g/mol. The molecular weight excluding hydrogens is 317 g/mol. The molecule has 0 aliphatic heterocycles. The average Bonchev–Trinajstić information content (AvgIpc) is 1.97. The number of rotatable bonds is 0. The van der Waals surface area contributed by atoms with Crippen molar-refractivity contribution in [1.82, 2.24) is 4.98 Å². The lowest BCUT2D eigenvalue weighted by Gasteiger charge is -2.07. The van der Waals surface area contributed by atoms with E-state index in [1.165, 1.54) is 14.7 Å². The first-order valence-electron chi connectivity index (χ1n) is 3.33. The maximum Gasteiger partial charge on any atom is 0.119 e. The molecule has 11 heavy (non-hydrogen) atoms. The molecule has 0 aliphatic carbocycles. The SMILES string of the molecule is Cc1nc(Br)c(I)c(C)c1C. The maximum absolute atomic E-state index is 4.34. The normalized spacial score (nSPS) is 10.3. The molecule has 0 bridgehead atoms. The van der Waals surface area contributed by atoms with Gasteiger partial charge in [0.15, 0.2) is 0 Å². The number of aromatic nitrogens is 1. The van der Waals surface area contributed by atoms with Gasteiger partial charge in [0.1, 0.15) is 4.60 Å². The second kappa shape index (κ2) is 3.39. The minimum atomic E-state index is 0.957. The van der Waals surface area contributed by atoms with E-state index < -0.39 is 0 Å². The van der Waals surface area contributed by atoms with Gasteiger partial charge in [-0.05, 0) is 70.4 Å². The van der Waals surface area contributed by atoms with Crippen LogP contribution in [0.5, 0.6) is 0 Å². The van der Waals surface area contributed by atoms with E-state index in [2.05, 4.69) is 57.4 Å². The van der Waals surface area contributed by atoms with Crippen LogP contribution in [-0.4, -0.2) is 4.98 Å². The molecule has 0 aliphatic rings. The fourth-order valence-electron chi connectivity index (χ4n) is 0.871. The largest absolute Gasteiger partial charge is 0.245 e. The molecule has 0 saturated carbocycles. The smallest absolute Gasteiger partial charge is 0.119 e. The van der Waals surface area contributed by atoms with Gasteiger partial charge < -0.3 is 0 Å². The fraction of sp³-hybridized carbons (Fsp3) is 0.375. The van der Waals surface area contributed by atoms with Crippen molar-refractivity contribution in [3.8, 4) is 0 Å². The van der Waals surface area contributed by atoms with E-state index in [0.29, 0.717) is 0 Å². The Balaban J connectivity index is 3.46. The third kappa shape index (κ3) is 1.75. The van der Waals surface area contributed by atoms with Gasteiger partial charge in [0.2, 0.25) is 0 Å². The van der Waals surface area contributed by atoms with Crippen LogP contribution >= 0.6 is 38.5 Å². The van der Waals surface area contributed by atoms with Gasteiger partial charge in [0.25, 0.3) is 0 Å². The zero-order chi connectivity index (χ0) is 8.59. The molecule has 0 atom stereocenters. The Morgan fingerprint density at radius 1 is 1.18 bits per heavy atom. The van der Waals surface area contributed by atoms with Crippen molar-refractivity contribution in [2.24, 2.45) is 0 Å². The van der Waals surface area contributed by atoms with Crippen LogP contribution in [0.25, 0.3) is 0 Å². The molecule has 0 saturated heterocycles. The molecule has 0 fully saturated rings. The van der Waals surface area contributed by atoms with E-state index in [-0.39, 0.29) is 0 Å². The molecule has 1 rings (SSSR count). The minimum absolute atomic E-state index is 0.957. The van der Waals surface area contributed by atoms with Crippen LogP contribution in [0.2, 0.25) is 0 Å². The maximum atomic E-state index is 4.34. The summed E-state index contributed by atoms with van der Waals surface area (Å²) in [6.45, 7) is 6.26. The molecule has 0 N–H and O–H groups in total. The van der Waals surface area contributed by atoms with Crippen LogP contribution in [-0.2, 0) is 0 Å². The highest BCUT2D eigenvalue weighted by atomic mass is 127. The standard InChI is InChI=1S/C8H9BrIN/c1-4-5(2)7(10)8(9)11-6(4)3/h1-3H3. The van der Waals surface area contributed by atoms with E-state index in [0.717, 1.165) is 10.3 Å². The highest BCUT2D eigenvalue weighted by Crippen LogP contribution is 2.24. The van der Waals surface area contributed by atoms with Crippen LogP contribution in [0.1, 0.15) is 16.8 Å². The molecule has 0 aromatic carbocycles. The summed E-state index contributed by atoms with van der Waals surface area (Å²) in [4.78, 5) is 4.34. The molecule has 3 heteroatoms. The van der Waals surface area contributed by atoms with Gasteiger partial charge in [-0.25, -0.2) is 4.98 Å². The molecule has 60 valence electrons. The predicted molar refractivity (Wildman–Crippen MR) is 58.9 cm³/mol. The number of hydrogen-bond acceptors (Lipinski definition) is 1. The fourth-order valence-corrected chi connectivity index (χ4v) is 1.96. The summed E-state index contributed by atoms with van der Waals surface area (Å²) in [5, 5.41) is 0. The summed E-state index contributed by atoms with van der Waals surface area (Å²) in [7, 11) is 0. The minimum Gasteiger partial charge on any atom is -0.245 e. The first kappa shape index (κ1) is 9.45. The van der Waals surface area contributed by atoms with E-state index in [4.69, 9.17) is 0 Å². The van der Waals surface area contributed by atoms with Gasteiger partial charge in [-0.1, -0.05) is 0 Å². The molecule has 1 aromatic rings. The third-order valence-electron chi connectivity index (χ3n) is 1.88. The lowest BCUT2D eigenvalue weighted by atomic mass is 10.1. The van der Waals surface area contributed by atoms with E-state index in [1.807, 2.05) is 6.92 Å². The second-order valence-electron chi connectivity index (χ2n) is 2.55. The highest BCUT2D eigenvalue weighted by molar-refractivity contribution is 14.1. The van der Waals surface area contributed by atoms with Crippen LogP contribution < -0.4 is 0 Å². The van der Waals surface area contributed by atoms with Crippen molar-refractivity contribution >= 4 is 38.5 Å². The second-order valence-corrected chi connectivity index (χ2v) is 4.38. The van der Waals surface area contributed by atoms with Crippen LogP contribution in [0.4, 0.5) is 0 Å². The summed E-state index contributed by atoms with van der Waals surface area (Å²) in [6.07, 6.45) is 0. The number of aryl methyl sites for hydroxylation is 1. The van der Waals surface area contributed by atoms with E-state index in [9.17, 15) is 0 Å². The van der Waals surface area contributed by atoms with Crippen molar-refractivity contribution in [3.63, 3.8) is 0 Å². The Bertz CT molecular complexity index is 270.